The Balaban J connectivity index is 1.38. The highest BCUT2D eigenvalue weighted by Gasteiger charge is 2.26. The molecule has 3 aromatic rings. The summed E-state index contributed by atoms with van der Waals surface area (Å²) in [6, 6.07) is 3.60. The van der Waals surface area contributed by atoms with Gasteiger partial charge in [0.1, 0.15) is 11.6 Å². The van der Waals surface area contributed by atoms with Crippen LogP contribution < -0.4 is 10.9 Å². The molecule has 152 valence electrons. The zero-order chi connectivity index (χ0) is 20.5. The number of pyridine rings is 1. The zero-order valence-corrected chi connectivity index (χ0v) is 17.8. The second-order valence-electron chi connectivity index (χ2n) is 7.24. The molecule has 3 aromatic heterocycles. The number of piperidine rings is 1. The normalized spacial score (nSPS) is 15.7. The van der Waals surface area contributed by atoms with E-state index in [4.69, 9.17) is 4.52 Å². The van der Waals surface area contributed by atoms with Crippen molar-refractivity contribution in [3.05, 3.63) is 44.6 Å². The first kappa shape index (κ1) is 19.7. The van der Waals surface area contributed by atoms with E-state index >= 15 is 0 Å². The Morgan fingerprint density at radius 1 is 1.31 bits per heavy atom. The number of fused-ring (bicyclic) bond motifs is 1. The van der Waals surface area contributed by atoms with E-state index in [2.05, 4.69) is 41.4 Å². The fourth-order valence-electron chi connectivity index (χ4n) is 3.64. The second kappa shape index (κ2) is 8.03. The molecule has 0 aliphatic carbocycles. The van der Waals surface area contributed by atoms with E-state index in [1.54, 1.807) is 19.2 Å². The summed E-state index contributed by atoms with van der Waals surface area (Å²) in [6.45, 7) is 5.39. The van der Waals surface area contributed by atoms with E-state index in [9.17, 15) is 9.59 Å². The summed E-state index contributed by atoms with van der Waals surface area (Å²) in [5, 5.41) is 11.9. The second-order valence-corrected chi connectivity index (χ2v) is 8.15. The molecule has 1 amide bonds. The summed E-state index contributed by atoms with van der Waals surface area (Å²) < 4.78 is 7.43. The van der Waals surface area contributed by atoms with Crippen LogP contribution in [0.3, 0.4) is 0 Å². The topological polar surface area (TPSA) is 106 Å². The van der Waals surface area contributed by atoms with Crippen LogP contribution in [0.4, 0.5) is 5.82 Å². The summed E-state index contributed by atoms with van der Waals surface area (Å²) in [5.74, 6) is 1.04. The lowest BCUT2D eigenvalue weighted by atomic mass is 9.96. The molecular formula is C19H21BrN6O3. The SMILES string of the molecule is Cc1nn(CN2CCC(C(=O)Nc3ccc(Br)cn3)CC2)c(=O)c2noc(C)c12. The average Bonchev–Trinajstić information content (AvgIpc) is 3.10. The molecule has 1 aliphatic heterocycles. The van der Waals surface area contributed by atoms with E-state index in [-0.39, 0.29) is 17.4 Å². The van der Waals surface area contributed by atoms with Gasteiger partial charge in [0.2, 0.25) is 5.91 Å². The minimum Gasteiger partial charge on any atom is -0.360 e. The number of amides is 1. The Hall–Kier alpha value is -2.59. The molecule has 4 rings (SSSR count). The van der Waals surface area contributed by atoms with Crippen molar-refractivity contribution >= 4 is 38.6 Å². The fourth-order valence-corrected chi connectivity index (χ4v) is 3.88. The molecule has 0 atom stereocenters. The number of aromatic nitrogens is 4. The molecule has 1 N–H and O–H groups in total. The zero-order valence-electron chi connectivity index (χ0n) is 16.2. The number of nitrogens with zero attached hydrogens (tertiary/aromatic N) is 5. The number of anilines is 1. The summed E-state index contributed by atoms with van der Waals surface area (Å²) in [6.07, 6.45) is 3.07. The van der Waals surface area contributed by atoms with Crippen LogP contribution in [0.1, 0.15) is 24.3 Å². The molecule has 0 bridgehead atoms. The first-order valence-electron chi connectivity index (χ1n) is 9.41. The van der Waals surface area contributed by atoms with Gasteiger partial charge in [-0.05, 0) is 54.8 Å². The first-order valence-corrected chi connectivity index (χ1v) is 10.2. The standard InChI is InChI=1S/C19H21BrN6O3/c1-11-16-12(2)29-24-17(16)19(28)26(23-11)10-25-7-5-13(6-8-25)18(27)22-15-4-3-14(20)9-21-15/h3-4,9,13H,5-8,10H2,1-2H3,(H,21,22,27). The van der Waals surface area contributed by atoms with Crippen LogP contribution in [0, 0.1) is 19.8 Å². The molecule has 29 heavy (non-hydrogen) atoms. The van der Waals surface area contributed by atoms with Crippen LogP contribution in [0.15, 0.2) is 32.1 Å². The van der Waals surface area contributed by atoms with Crippen molar-refractivity contribution in [2.24, 2.45) is 5.92 Å². The Morgan fingerprint density at radius 3 is 2.76 bits per heavy atom. The lowest BCUT2D eigenvalue weighted by Gasteiger charge is -2.31. The van der Waals surface area contributed by atoms with Crippen molar-refractivity contribution in [2.45, 2.75) is 33.4 Å². The molecular weight excluding hydrogens is 440 g/mol. The number of carbonyl (C=O) groups is 1. The Kier molecular flexibility index (Phi) is 5.46. The van der Waals surface area contributed by atoms with Gasteiger partial charge in [0.15, 0.2) is 5.52 Å². The van der Waals surface area contributed by atoms with Crippen LogP contribution in [-0.2, 0) is 11.5 Å². The summed E-state index contributed by atoms with van der Waals surface area (Å²) >= 11 is 3.33. The van der Waals surface area contributed by atoms with Crippen molar-refractivity contribution in [1.82, 2.24) is 24.8 Å². The van der Waals surface area contributed by atoms with Gasteiger partial charge >= 0.3 is 0 Å². The Labute approximate surface area is 175 Å². The largest absolute Gasteiger partial charge is 0.360 e. The van der Waals surface area contributed by atoms with E-state index in [0.29, 0.717) is 55.1 Å². The number of hydrogen-bond acceptors (Lipinski definition) is 7. The van der Waals surface area contributed by atoms with Gasteiger partial charge in [-0.1, -0.05) is 5.16 Å². The molecule has 10 heteroatoms. The minimum atomic E-state index is -0.261. The summed E-state index contributed by atoms with van der Waals surface area (Å²) in [4.78, 5) is 31.4. The molecule has 0 spiro atoms. The van der Waals surface area contributed by atoms with Crippen LogP contribution in [0.5, 0.6) is 0 Å². The predicted molar refractivity (Wildman–Crippen MR) is 110 cm³/mol. The van der Waals surface area contributed by atoms with Crippen molar-refractivity contribution in [2.75, 3.05) is 18.4 Å². The van der Waals surface area contributed by atoms with Crippen molar-refractivity contribution < 1.29 is 9.32 Å². The monoisotopic (exact) mass is 460 g/mol. The van der Waals surface area contributed by atoms with Gasteiger partial charge in [-0.15, -0.1) is 0 Å². The molecule has 0 aromatic carbocycles. The number of aryl methyl sites for hydroxylation is 2. The number of nitrogens with one attached hydrogen (secondary N) is 1. The number of rotatable bonds is 4. The highest BCUT2D eigenvalue weighted by Crippen LogP contribution is 2.21. The number of likely N-dealkylation sites (tertiary alicyclic amines) is 1. The third-order valence-corrected chi connectivity index (χ3v) is 5.67. The summed E-state index contributed by atoms with van der Waals surface area (Å²) in [5.41, 5.74) is 0.768. The van der Waals surface area contributed by atoms with E-state index in [1.165, 1.54) is 4.68 Å². The van der Waals surface area contributed by atoms with Crippen LogP contribution in [0.2, 0.25) is 0 Å². The molecule has 1 saturated heterocycles. The molecule has 1 aliphatic rings. The van der Waals surface area contributed by atoms with Crippen LogP contribution in [0.25, 0.3) is 10.9 Å². The third kappa shape index (κ3) is 4.08. The maximum atomic E-state index is 12.6. The predicted octanol–water partition coefficient (Wildman–Crippen LogP) is 2.47. The highest BCUT2D eigenvalue weighted by molar-refractivity contribution is 9.10. The van der Waals surface area contributed by atoms with Gasteiger partial charge in [0.05, 0.1) is 17.7 Å². The van der Waals surface area contributed by atoms with Gasteiger partial charge in [0.25, 0.3) is 5.56 Å². The lowest BCUT2D eigenvalue weighted by molar-refractivity contribution is -0.121. The smallest absolute Gasteiger partial charge is 0.298 e. The molecule has 9 nitrogen and oxygen atoms in total. The minimum absolute atomic E-state index is 0.0231. The summed E-state index contributed by atoms with van der Waals surface area (Å²) in [7, 11) is 0. The fraction of sp³-hybridized carbons (Fsp3) is 0.421. The van der Waals surface area contributed by atoms with Crippen molar-refractivity contribution in [3.8, 4) is 0 Å². The highest BCUT2D eigenvalue weighted by atomic mass is 79.9. The maximum absolute atomic E-state index is 12.6. The van der Waals surface area contributed by atoms with Crippen LogP contribution in [-0.4, -0.2) is 43.8 Å². The maximum Gasteiger partial charge on any atom is 0.298 e. The average molecular weight is 461 g/mol. The van der Waals surface area contributed by atoms with E-state index in [1.807, 2.05) is 13.0 Å². The van der Waals surface area contributed by atoms with Gasteiger partial charge in [-0.3, -0.25) is 14.5 Å². The molecule has 4 heterocycles. The number of hydrogen-bond donors (Lipinski definition) is 1. The van der Waals surface area contributed by atoms with Crippen molar-refractivity contribution in [1.29, 1.82) is 0 Å². The van der Waals surface area contributed by atoms with Gasteiger partial charge < -0.3 is 9.84 Å². The number of carbonyl (C=O) groups excluding carboxylic acids is 1. The van der Waals surface area contributed by atoms with Gasteiger partial charge in [-0.25, -0.2) is 9.67 Å². The Bertz CT molecular complexity index is 1100. The van der Waals surface area contributed by atoms with E-state index < -0.39 is 0 Å². The van der Waals surface area contributed by atoms with E-state index in [0.717, 1.165) is 10.2 Å². The molecule has 0 unspecified atom stereocenters. The van der Waals surface area contributed by atoms with Gasteiger partial charge in [-0.2, -0.15) is 5.10 Å². The van der Waals surface area contributed by atoms with Crippen LogP contribution >= 0.6 is 15.9 Å². The third-order valence-electron chi connectivity index (χ3n) is 5.20. The van der Waals surface area contributed by atoms with Gasteiger partial charge in [0, 0.05) is 29.7 Å². The lowest BCUT2D eigenvalue weighted by Crippen LogP contribution is -2.41. The number of halogens is 1. The molecule has 1 fully saturated rings. The van der Waals surface area contributed by atoms with Crippen molar-refractivity contribution in [3.63, 3.8) is 0 Å². The first-order chi connectivity index (χ1) is 13.9. The molecule has 0 saturated carbocycles. The quantitative estimate of drug-likeness (QED) is 0.636. The molecule has 0 radical (unpaired) electrons. The Morgan fingerprint density at radius 2 is 2.07 bits per heavy atom.